The van der Waals surface area contributed by atoms with Gasteiger partial charge in [0, 0.05) is 19.8 Å². The molecule has 0 saturated heterocycles. The maximum absolute atomic E-state index is 8.29. The van der Waals surface area contributed by atoms with Gasteiger partial charge in [-0.15, -0.1) is 0 Å². The van der Waals surface area contributed by atoms with Crippen LogP contribution in [0.15, 0.2) is 0 Å². The molecule has 0 aromatic heterocycles. The number of hydrogen-bond acceptors (Lipinski definition) is 4. The standard InChI is InChI=1S/C6H14O.C4H10O.C2H6O2/c1-2-3-4-5-6-7;1-3-5-4-2;3-1-2-4/h7H,2-6H2,1H3;3-4H2,1-2H3;3-4H,1-2H2. The number of rotatable bonds is 7. The summed E-state index contributed by atoms with van der Waals surface area (Å²) in [7, 11) is 0. The predicted molar refractivity (Wildman–Crippen MR) is 67.6 cm³/mol. The molecule has 0 aliphatic carbocycles. The summed E-state index contributed by atoms with van der Waals surface area (Å²) in [6.45, 7) is 7.94. The smallest absolute Gasteiger partial charge is 0.0662 e. The van der Waals surface area contributed by atoms with Crippen LogP contribution < -0.4 is 0 Å². The summed E-state index contributed by atoms with van der Waals surface area (Å²) in [6, 6.07) is 0. The van der Waals surface area contributed by atoms with Crippen molar-refractivity contribution < 1.29 is 20.1 Å². The third-order valence-corrected chi connectivity index (χ3v) is 1.52. The molecule has 4 heteroatoms. The van der Waals surface area contributed by atoms with E-state index in [4.69, 9.17) is 20.1 Å². The summed E-state index contributed by atoms with van der Waals surface area (Å²) in [6.07, 6.45) is 4.68. The first-order valence-electron chi connectivity index (χ1n) is 6.15. The van der Waals surface area contributed by atoms with E-state index < -0.39 is 0 Å². The zero-order valence-electron chi connectivity index (χ0n) is 11.1. The van der Waals surface area contributed by atoms with E-state index >= 15 is 0 Å². The van der Waals surface area contributed by atoms with Gasteiger partial charge in [-0.2, -0.15) is 0 Å². The van der Waals surface area contributed by atoms with E-state index in [-0.39, 0.29) is 13.2 Å². The van der Waals surface area contributed by atoms with Crippen molar-refractivity contribution in [1.82, 2.24) is 0 Å². The Morgan fingerprint density at radius 2 is 1.19 bits per heavy atom. The fourth-order valence-electron chi connectivity index (χ4n) is 0.743. The summed E-state index contributed by atoms with van der Waals surface area (Å²) < 4.78 is 4.83. The molecule has 16 heavy (non-hydrogen) atoms. The van der Waals surface area contributed by atoms with Crippen LogP contribution in [0, 0.1) is 0 Å². The molecule has 0 aliphatic heterocycles. The van der Waals surface area contributed by atoms with Gasteiger partial charge in [-0.25, -0.2) is 0 Å². The molecular weight excluding hydrogens is 208 g/mol. The van der Waals surface area contributed by atoms with Crippen LogP contribution >= 0.6 is 0 Å². The Morgan fingerprint density at radius 1 is 0.688 bits per heavy atom. The van der Waals surface area contributed by atoms with Crippen LogP contribution in [0.3, 0.4) is 0 Å². The molecule has 0 aliphatic rings. The molecular formula is C12H30O4. The fourth-order valence-corrected chi connectivity index (χ4v) is 0.743. The van der Waals surface area contributed by atoms with E-state index in [1.807, 2.05) is 13.8 Å². The van der Waals surface area contributed by atoms with Gasteiger partial charge in [0.2, 0.25) is 0 Å². The van der Waals surface area contributed by atoms with E-state index in [9.17, 15) is 0 Å². The zero-order valence-corrected chi connectivity index (χ0v) is 11.1. The lowest BCUT2D eigenvalue weighted by molar-refractivity contribution is 0.162. The van der Waals surface area contributed by atoms with Crippen LogP contribution in [-0.4, -0.2) is 48.4 Å². The summed E-state index contributed by atoms with van der Waals surface area (Å²) in [5.41, 5.74) is 0. The van der Waals surface area contributed by atoms with Gasteiger partial charge in [0.15, 0.2) is 0 Å². The highest BCUT2D eigenvalue weighted by Crippen LogP contribution is 1.96. The number of hydrogen-bond donors (Lipinski definition) is 3. The maximum atomic E-state index is 8.29. The second-order valence-corrected chi connectivity index (χ2v) is 3.01. The van der Waals surface area contributed by atoms with Crippen molar-refractivity contribution in [2.24, 2.45) is 0 Å². The molecule has 0 fully saturated rings. The predicted octanol–water partition coefficient (Wildman–Crippen LogP) is 1.57. The number of aliphatic hydroxyl groups excluding tert-OH is 3. The van der Waals surface area contributed by atoms with Crippen molar-refractivity contribution in [3.63, 3.8) is 0 Å². The number of aliphatic hydroxyl groups is 3. The van der Waals surface area contributed by atoms with Crippen LogP contribution in [-0.2, 0) is 4.74 Å². The normalized spacial score (nSPS) is 8.62. The molecule has 0 atom stereocenters. The Bertz CT molecular complexity index is 71.4. The van der Waals surface area contributed by atoms with Crippen LogP contribution in [0.4, 0.5) is 0 Å². The average Bonchev–Trinajstić information content (AvgIpc) is 2.32. The molecule has 102 valence electrons. The Labute approximate surface area is 100 Å². The summed E-state index contributed by atoms with van der Waals surface area (Å²) in [5, 5.41) is 23.5. The molecule has 0 amide bonds. The minimum absolute atomic E-state index is 0.125. The first-order valence-corrected chi connectivity index (χ1v) is 6.15. The third kappa shape index (κ3) is 48.8. The minimum atomic E-state index is -0.125. The highest BCUT2D eigenvalue weighted by Gasteiger charge is 1.80. The van der Waals surface area contributed by atoms with Gasteiger partial charge in [-0.1, -0.05) is 26.2 Å². The van der Waals surface area contributed by atoms with Crippen molar-refractivity contribution in [3.8, 4) is 0 Å². The van der Waals surface area contributed by atoms with Gasteiger partial charge in [-0.05, 0) is 20.3 Å². The Balaban J connectivity index is -0.000000166. The highest BCUT2D eigenvalue weighted by molar-refractivity contribution is 4.35. The molecule has 0 rings (SSSR count). The fraction of sp³-hybridized carbons (Fsp3) is 1.00. The van der Waals surface area contributed by atoms with E-state index in [1.54, 1.807) is 0 Å². The molecule has 0 bridgehead atoms. The monoisotopic (exact) mass is 238 g/mol. The van der Waals surface area contributed by atoms with Crippen LogP contribution in [0.25, 0.3) is 0 Å². The summed E-state index contributed by atoms with van der Waals surface area (Å²) in [5.74, 6) is 0. The average molecular weight is 238 g/mol. The van der Waals surface area contributed by atoms with Crippen molar-refractivity contribution in [3.05, 3.63) is 0 Å². The number of unbranched alkanes of at least 4 members (excludes halogenated alkanes) is 3. The molecule has 0 aromatic rings. The number of ether oxygens (including phenoxy) is 1. The molecule has 3 N–H and O–H groups in total. The Kier molecular flexibility index (Phi) is 38.8. The van der Waals surface area contributed by atoms with Gasteiger partial charge < -0.3 is 20.1 Å². The quantitative estimate of drug-likeness (QED) is 0.589. The van der Waals surface area contributed by atoms with Crippen molar-refractivity contribution in [1.29, 1.82) is 0 Å². The molecule has 0 spiro atoms. The SMILES string of the molecule is CCCCCCO.CCOCC.OCCO. The lowest BCUT2D eigenvalue weighted by Gasteiger charge is -1.90. The van der Waals surface area contributed by atoms with Crippen LogP contribution in [0.5, 0.6) is 0 Å². The third-order valence-electron chi connectivity index (χ3n) is 1.52. The lowest BCUT2D eigenvalue weighted by atomic mass is 10.2. The highest BCUT2D eigenvalue weighted by atomic mass is 16.5. The minimum Gasteiger partial charge on any atom is -0.396 e. The summed E-state index contributed by atoms with van der Waals surface area (Å²) in [4.78, 5) is 0. The lowest BCUT2D eigenvalue weighted by Crippen LogP contribution is -1.85. The van der Waals surface area contributed by atoms with E-state index in [2.05, 4.69) is 6.92 Å². The summed E-state index contributed by atoms with van der Waals surface area (Å²) >= 11 is 0. The molecule has 0 aromatic carbocycles. The topological polar surface area (TPSA) is 69.9 Å². The molecule has 0 heterocycles. The van der Waals surface area contributed by atoms with Gasteiger partial charge in [0.1, 0.15) is 0 Å². The largest absolute Gasteiger partial charge is 0.396 e. The van der Waals surface area contributed by atoms with Gasteiger partial charge >= 0.3 is 0 Å². The van der Waals surface area contributed by atoms with Crippen molar-refractivity contribution in [2.75, 3.05) is 33.0 Å². The molecule has 0 saturated carbocycles. The van der Waals surface area contributed by atoms with Crippen molar-refractivity contribution in [2.45, 2.75) is 46.5 Å². The van der Waals surface area contributed by atoms with Crippen molar-refractivity contribution >= 4 is 0 Å². The Morgan fingerprint density at radius 3 is 1.38 bits per heavy atom. The van der Waals surface area contributed by atoms with Gasteiger partial charge in [0.05, 0.1) is 13.2 Å². The first-order chi connectivity index (χ1) is 7.74. The molecule has 0 unspecified atom stereocenters. The zero-order chi connectivity index (χ0) is 13.1. The van der Waals surface area contributed by atoms with Crippen LogP contribution in [0.2, 0.25) is 0 Å². The molecule has 4 nitrogen and oxygen atoms in total. The maximum Gasteiger partial charge on any atom is 0.0662 e. The van der Waals surface area contributed by atoms with Gasteiger partial charge in [-0.3, -0.25) is 0 Å². The van der Waals surface area contributed by atoms with E-state index in [0.29, 0.717) is 6.61 Å². The molecule has 0 radical (unpaired) electrons. The second-order valence-electron chi connectivity index (χ2n) is 3.01. The van der Waals surface area contributed by atoms with E-state index in [0.717, 1.165) is 19.6 Å². The van der Waals surface area contributed by atoms with Crippen LogP contribution in [0.1, 0.15) is 46.5 Å². The Hall–Kier alpha value is -0.160. The first kappa shape index (κ1) is 21.2. The second kappa shape index (κ2) is 29.4. The van der Waals surface area contributed by atoms with Gasteiger partial charge in [0.25, 0.3) is 0 Å². The van der Waals surface area contributed by atoms with E-state index in [1.165, 1.54) is 19.3 Å².